The zero-order chi connectivity index (χ0) is 10.4. The third kappa shape index (κ3) is 3.56. The normalized spacial score (nSPS) is 10.2. The van der Waals surface area contributed by atoms with Crippen LogP contribution < -0.4 is 4.74 Å². The van der Waals surface area contributed by atoms with Crippen LogP contribution in [0.3, 0.4) is 0 Å². The molecule has 0 saturated heterocycles. The summed E-state index contributed by atoms with van der Waals surface area (Å²) >= 11 is 0. The summed E-state index contributed by atoms with van der Waals surface area (Å²) in [4.78, 5) is 14.3. The second-order valence-electron chi connectivity index (χ2n) is 3.56. The van der Waals surface area contributed by atoms with Crippen molar-refractivity contribution in [1.29, 1.82) is 0 Å². The maximum absolute atomic E-state index is 10.2. The molecule has 0 atom stereocenters. The minimum absolute atomic E-state index is 0.366. The first-order valence-corrected chi connectivity index (χ1v) is 4.73. The van der Waals surface area contributed by atoms with Crippen LogP contribution in [-0.2, 0) is 11.2 Å². The van der Waals surface area contributed by atoms with E-state index in [0.29, 0.717) is 18.9 Å². The van der Waals surface area contributed by atoms with Gasteiger partial charge in [0.1, 0.15) is 12.0 Å². The summed E-state index contributed by atoms with van der Waals surface area (Å²) in [6.07, 6.45) is 2.86. The van der Waals surface area contributed by atoms with Gasteiger partial charge in [0.2, 0.25) is 0 Å². The van der Waals surface area contributed by atoms with Crippen LogP contribution in [0.5, 0.6) is 5.75 Å². The summed E-state index contributed by atoms with van der Waals surface area (Å²) in [5, 5.41) is 0. The molecular formula is C11H15NO2. The summed E-state index contributed by atoms with van der Waals surface area (Å²) in [6, 6.07) is 3.65. The molecular weight excluding hydrogens is 178 g/mol. The molecule has 0 aliphatic rings. The van der Waals surface area contributed by atoms with E-state index in [-0.39, 0.29) is 0 Å². The number of ether oxygens (including phenoxy) is 1. The van der Waals surface area contributed by atoms with Crippen LogP contribution in [0.2, 0.25) is 0 Å². The van der Waals surface area contributed by atoms with Crippen molar-refractivity contribution in [2.24, 2.45) is 5.92 Å². The van der Waals surface area contributed by atoms with Crippen molar-refractivity contribution >= 4 is 6.29 Å². The molecule has 14 heavy (non-hydrogen) atoms. The molecule has 3 nitrogen and oxygen atoms in total. The predicted octanol–water partition coefficient (Wildman–Crippen LogP) is 1.86. The Morgan fingerprint density at radius 1 is 1.50 bits per heavy atom. The van der Waals surface area contributed by atoms with E-state index in [1.54, 1.807) is 6.20 Å². The summed E-state index contributed by atoms with van der Waals surface area (Å²) < 4.78 is 5.45. The molecule has 0 unspecified atom stereocenters. The molecule has 76 valence electrons. The topological polar surface area (TPSA) is 39.2 Å². The zero-order valence-electron chi connectivity index (χ0n) is 8.56. The quantitative estimate of drug-likeness (QED) is 0.670. The van der Waals surface area contributed by atoms with Crippen molar-refractivity contribution in [2.75, 3.05) is 6.61 Å². The van der Waals surface area contributed by atoms with Gasteiger partial charge in [-0.15, -0.1) is 0 Å². The molecule has 0 aliphatic heterocycles. The van der Waals surface area contributed by atoms with E-state index in [4.69, 9.17) is 4.74 Å². The monoisotopic (exact) mass is 193 g/mol. The van der Waals surface area contributed by atoms with Gasteiger partial charge in [0.05, 0.1) is 12.8 Å². The van der Waals surface area contributed by atoms with Crippen LogP contribution in [0.1, 0.15) is 19.5 Å². The third-order valence-electron chi connectivity index (χ3n) is 1.67. The Morgan fingerprint density at radius 3 is 2.79 bits per heavy atom. The van der Waals surface area contributed by atoms with Crippen molar-refractivity contribution in [3.63, 3.8) is 0 Å². The van der Waals surface area contributed by atoms with Crippen molar-refractivity contribution < 1.29 is 9.53 Å². The standard InChI is InChI=1S/C11H15NO2/c1-9(2)8-14-11-4-3-10(5-6-13)12-7-11/h3-4,6-7,9H,5,8H2,1-2H3. The van der Waals surface area contributed by atoms with Gasteiger partial charge in [-0.25, -0.2) is 0 Å². The minimum Gasteiger partial charge on any atom is -0.492 e. The number of hydrogen-bond donors (Lipinski definition) is 0. The van der Waals surface area contributed by atoms with Gasteiger partial charge in [-0.05, 0) is 18.1 Å². The molecule has 0 bridgehead atoms. The highest BCUT2D eigenvalue weighted by Crippen LogP contribution is 2.10. The molecule has 1 heterocycles. The highest BCUT2D eigenvalue weighted by Gasteiger charge is 1.98. The lowest BCUT2D eigenvalue weighted by Crippen LogP contribution is -2.04. The fourth-order valence-corrected chi connectivity index (χ4v) is 0.965. The maximum Gasteiger partial charge on any atom is 0.137 e. The Kier molecular flexibility index (Phi) is 4.11. The molecule has 1 aromatic heterocycles. The molecule has 0 aliphatic carbocycles. The Labute approximate surface area is 84.1 Å². The first kappa shape index (κ1) is 10.7. The van der Waals surface area contributed by atoms with Crippen molar-refractivity contribution in [3.8, 4) is 5.75 Å². The van der Waals surface area contributed by atoms with Gasteiger partial charge in [-0.3, -0.25) is 4.98 Å². The lowest BCUT2D eigenvalue weighted by atomic mass is 10.2. The second kappa shape index (κ2) is 5.37. The van der Waals surface area contributed by atoms with Crippen LogP contribution in [0.25, 0.3) is 0 Å². The molecule has 3 heteroatoms. The first-order chi connectivity index (χ1) is 6.72. The first-order valence-electron chi connectivity index (χ1n) is 4.73. The number of aldehydes is 1. The number of hydrogen-bond acceptors (Lipinski definition) is 3. The molecule has 0 saturated carbocycles. The van der Waals surface area contributed by atoms with E-state index in [1.165, 1.54) is 0 Å². The van der Waals surface area contributed by atoms with E-state index in [0.717, 1.165) is 17.7 Å². The van der Waals surface area contributed by atoms with Gasteiger partial charge in [-0.1, -0.05) is 13.8 Å². The Hall–Kier alpha value is -1.38. The zero-order valence-corrected chi connectivity index (χ0v) is 8.56. The lowest BCUT2D eigenvalue weighted by molar-refractivity contribution is -0.107. The van der Waals surface area contributed by atoms with Crippen molar-refractivity contribution in [2.45, 2.75) is 20.3 Å². The van der Waals surface area contributed by atoms with Crippen LogP contribution in [-0.4, -0.2) is 17.9 Å². The van der Waals surface area contributed by atoms with Crippen LogP contribution in [0, 0.1) is 5.92 Å². The number of nitrogens with zero attached hydrogens (tertiary/aromatic N) is 1. The van der Waals surface area contributed by atoms with Crippen LogP contribution in [0.4, 0.5) is 0 Å². The number of rotatable bonds is 5. The van der Waals surface area contributed by atoms with E-state index in [1.807, 2.05) is 12.1 Å². The van der Waals surface area contributed by atoms with E-state index in [9.17, 15) is 4.79 Å². The summed E-state index contributed by atoms with van der Waals surface area (Å²) in [5.41, 5.74) is 0.775. The Bertz CT molecular complexity index is 280. The van der Waals surface area contributed by atoms with Gasteiger partial charge in [0.15, 0.2) is 0 Å². The summed E-state index contributed by atoms with van der Waals surface area (Å²) in [5.74, 6) is 1.26. The van der Waals surface area contributed by atoms with Gasteiger partial charge in [-0.2, -0.15) is 0 Å². The molecule has 0 spiro atoms. The van der Waals surface area contributed by atoms with Gasteiger partial charge in [0, 0.05) is 12.1 Å². The largest absolute Gasteiger partial charge is 0.492 e. The van der Waals surface area contributed by atoms with E-state index < -0.39 is 0 Å². The number of aromatic nitrogens is 1. The minimum atomic E-state index is 0.366. The lowest BCUT2D eigenvalue weighted by Gasteiger charge is -2.07. The molecule has 0 radical (unpaired) electrons. The predicted molar refractivity (Wildman–Crippen MR) is 54.3 cm³/mol. The number of carbonyl (C=O) groups is 1. The number of carbonyl (C=O) groups excluding carboxylic acids is 1. The third-order valence-corrected chi connectivity index (χ3v) is 1.67. The maximum atomic E-state index is 10.2. The molecule has 0 aromatic carbocycles. The molecule has 1 aromatic rings. The summed E-state index contributed by atoms with van der Waals surface area (Å²) in [6.45, 7) is 4.87. The molecule has 0 N–H and O–H groups in total. The highest BCUT2D eigenvalue weighted by atomic mass is 16.5. The smallest absolute Gasteiger partial charge is 0.137 e. The van der Waals surface area contributed by atoms with Crippen LogP contribution >= 0.6 is 0 Å². The molecule has 1 rings (SSSR count). The molecule has 0 fully saturated rings. The number of pyridine rings is 1. The molecule has 0 amide bonds. The average Bonchev–Trinajstić information content (AvgIpc) is 2.17. The van der Waals surface area contributed by atoms with Crippen LogP contribution in [0.15, 0.2) is 18.3 Å². The fourth-order valence-electron chi connectivity index (χ4n) is 0.965. The highest BCUT2D eigenvalue weighted by molar-refractivity contribution is 5.53. The second-order valence-corrected chi connectivity index (χ2v) is 3.56. The van der Waals surface area contributed by atoms with E-state index in [2.05, 4.69) is 18.8 Å². The average molecular weight is 193 g/mol. The Morgan fingerprint density at radius 2 is 2.29 bits per heavy atom. The SMILES string of the molecule is CC(C)COc1ccc(CC=O)nc1. The summed E-state index contributed by atoms with van der Waals surface area (Å²) in [7, 11) is 0. The Balaban J connectivity index is 2.50. The van der Waals surface area contributed by atoms with Crippen molar-refractivity contribution in [3.05, 3.63) is 24.0 Å². The van der Waals surface area contributed by atoms with Gasteiger partial charge >= 0.3 is 0 Å². The fraction of sp³-hybridized carbons (Fsp3) is 0.455. The van der Waals surface area contributed by atoms with Crippen molar-refractivity contribution in [1.82, 2.24) is 4.98 Å². The van der Waals surface area contributed by atoms with E-state index >= 15 is 0 Å². The van der Waals surface area contributed by atoms with Gasteiger partial charge in [0.25, 0.3) is 0 Å². The van der Waals surface area contributed by atoms with Gasteiger partial charge < -0.3 is 9.53 Å².